The fraction of sp³-hybridized carbons (Fsp3) is 0.0588. The lowest BCUT2D eigenvalue weighted by atomic mass is 10.2. The lowest BCUT2D eigenvalue weighted by molar-refractivity contribution is 0.0945. The summed E-state index contributed by atoms with van der Waals surface area (Å²) in [6, 6.07) is 14.8. The molecule has 0 bridgehead atoms. The molecule has 3 rings (SSSR count). The number of benzene rings is 2. The van der Waals surface area contributed by atoms with E-state index in [1.807, 2.05) is 35.9 Å². The highest BCUT2D eigenvalue weighted by Crippen LogP contribution is 2.19. The van der Waals surface area contributed by atoms with Crippen molar-refractivity contribution in [2.75, 3.05) is 5.32 Å². The molecule has 1 amide bonds. The number of fused-ring (bicyclic) bond motifs is 1. The molecule has 0 aliphatic heterocycles. The molecule has 0 spiro atoms. The Bertz CT molecular complexity index is 905. The first-order valence-electron chi connectivity index (χ1n) is 7.21. The lowest BCUT2D eigenvalue weighted by Gasteiger charge is -2.11. The zero-order chi connectivity index (χ0) is 17.1. The molecule has 3 N–H and O–H groups in total. The average molecular weight is 359 g/mol. The first-order valence-corrected chi connectivity index (χ1v) is 8.00. The van der Waals surface area contributed by atoms with Gasteiger partial charge in [0.25, 0.3) is 5.91 Å². The quantitative estimate of drug-likeness (QED) is 0.485. The van der Waals surface area contributed by atoms with Gasteiger partial charge in [-0.05, 0) is 42.5 Å². The van der Waals surface area contributed by atoms with Crippen LogP contribution < -0.4 is 16.2 Å². The Morgan fingerprint density at radius 2 is 1.79 bits per heavy atom. The van der Waals surface area contributed by atoms with Gasteiger partial charge in [0.05, 0.1) is 5.56 Å². The van der Waals surface area contributed by atoms with Crippen LogP contribution in [-0.4, -0.2) is 15.6 Å². The minimum absolute atomic E-state index is 0.257. The third-order valence-corrected chi connectivity index (χ3v) is 3.99. The number of rotatable bonds is 2. The van der Waals surface area contributed by atoms with Gasteiger partial charge in [-0.1, -0.05) is 29.8 Å². The number of hydrogen-bond donors (Lipinski definition) is 3. The molecule has 0 aliphatic carbocycles. The smallest absolute Gasteiger partial charge is 0.271 e. The van der Waals surface area contributed by atoms with Crippen LogP contribution in [0.1, 0.15) is 10.4 Å². The highest BCUT2D eigenvalue weighted by Gasteiger charge is 2.13. The van der Waals surface area contributed by atoms with Crippen molar-refractivity contribution in [3.63, 3.8) is 0 Å². The minimum atomic E-state index is -0.257. The third-order valence-electron chi connectivity index (χ3n) is 3.53. The Balaban J connectivity index is 1.64. The van der Waals surface area contributed by atoms with Gasteiger partial charge in [-0.3, -0.25) is 15.6 Å². The molecule has 0 unspecified atom stereocenters. The van der Waals surface area contributed by atoms with Crippen molar-refractivity contribution in [1.29, 1.82) is 0 Å². The third kappa shape index (κ3) is 3.50. The number of para-hydroxylation sites is 1. The zero-order valence-electron chi connectivity index (χ0n) is 12.8. The van der Waals surface area contributed by atoms with Crippen molar-refractivity contribution in [2.45, 2.75) is 0 Å². The maximum Gasteiger partial charge on any atom is 0.271 e. The summed E-state index contributed by atoms with van der Waals surface area (Å²) in [6.45, 7) is 0. The second kappa shape index (κ2) is 6.90. The second-order valence-corrected chi connectivity index (χ2v) is 6.06. The predicted molar refractivity (Wildman–Crippen MR) is 101 cm³/mol. The number of thiocarbonyl (C=S) groups is 1. The van der Waals surface area contributed by atoms with Gasteiger partial charge in [-0.25, -0.2) is 0 Å². The number of amides is 1. The van der Waals surface area contributed by atoms with Gasteiger partial charge >= 0.3 is 0 Å². The van der Waals surface area contributed by atoms with Crippen LogP contribution in [0.4, 0.5) is 5.69 Å². The number of carbonyl (C=O) groups excluding carboxylic acids is 1. The molecular formula is C17H15ClN4OS. The summed E-state index contributed by atoms with van der Waals surface area (Å²) in [7, 11) is 1.90. The molecule has 0 saturated heterocycles. The van der Waals surface area contributed by atoms with Gasteiger partial charge in [0.2, 0.25) is 0 Å². The monoisotopic (exact) mass is 358 g/mol. The summed E-state index contributed by atoms with van der Waals surface area (Å²) in [5.41, 5.74) is 7.64. The van der Waals surface area contributed by atoms with E-state index in [2.05, 4.69) is 16.2 Å². The van der Waals surface area contributed by atoms with E-state index in [1.54, 1.807) is 30.5 Å². The summed E-state index contributed by atoms with van der Waals surface area (Å²) in [5, 5.41) is 4.77. The molecule has 1 aromatic heterocycles. The standard InChI is InChI=1S/C17H15ClN4OS/c1-22-10-14(13-4-2-3-5-15(13)22)16(23)20-21-17(24)19-12-8-6-11(18)7-9-12/h2-10H,1H3,(H,20,23)(H2,19,21,24). The van der Waals surface area contributed by atoms with E-state index in [0.29, 0.717) is 10.6 Å². The molecule has 0 radical (unpaired) electrons. The predicted octanol–water partition coefficient (Wildman–Crippen LogP) is 3.46. The van der Waals surface area contributed by atoms with Crippen LogP contribution >= 0.6 is 23.8 Å². The number of nitrogens with one attached hydrogen (secondary N) is 3. The van der Waals surface area contributed by atoms with E-state index in [4.69, 9.17) is 23.8 Å². The van der Waals surface area contributed by atoms with Crippen LogP contribution in [0.25, 0.3) is 10.9 Å². The Kier molecular flexibility index (Phi) is 4.69. The zero-order valence-corrected chi connectivity index (χ0v) is 14.4. The molecule has 0 aliphatic rings. The molecule has 122 valence electrons. The number of hydrogen-bond acceptors (Lipinski definition) is 2. The van der Waals surface area contributed by atoms with Crippen molar-refractivity contribution in [1.82, 2.24) is 15.4 Å². The number of nitrogens with zero attached hydrogens (tertiary/aromatic N) is 1. The molecule has 7 heteroatoms. The number of hydrazine groups is 1. The van der Waals surface area contributed by atoms with E-state index in [1.165, 1.54) is 0 Å². The highest BCUT2D eigenvalue weighted by atomic mass is 35.5. The largest absolute Gasteiger partial charge is 0.350 e. The van der Waals surface area contributed by atoms with Crippen molar-refractivity contribution < 1.29 is 4.79 Å². The summed E-state index contributed by atoms with van der Waals surface area (Å²) < 4.78 is 1.91. The van der Waals surface area contributed by atoms with E-state index >= 15 is 0 Å². The number of aryl methyl sites for hydroxylation is 1. The molecule has 1 heterocycles. The summed E-state index contributed by atoms with van der Waals surface area (Å²) in [4.78, 5) is 12.4. The molecular weight excluding hydrogens is 344 g/mol. The molecule has 0 fully saturated rings. The van der Waals surface area contributed by atoms with Crippen LogP contribution in [-0.2, 0) is 7.05 Å². The molecule has 5 nitrogen and oxygen atoms in total. The average Bonchev–Trinajstić information content (AvgIpc) is 2.92. The highest BCUT2D eigenvalue weighted by molar-refractivity contribution is 7.80. The van der Waals surface area contributed by atoms with E-state index in [9.17, 15) is 4.79 Å². The van der Waals surface area contributed by atoms with Gasteiger partial charge in [-0.15, -0.1) is 0 Å². The Morgan fingerprint density at radius 1 is 1.08 bits per heavy atom. The molecule has 2 aromatic carbocycles. The van der Waals surface area contributed by atoms with E-state index in [-0.39, 0.29) is 11.0 Å². The maximum atomic E-state index is 12.4. The second-order valence-electron chi connectivity index (χ2n) is 5.21. The summed E-state index contributed by atoms with van der Waals surface area (Å²) in [6.07, 6.45) is 1.79. The van der Waals surface area contributed by atoms with Crippen molar-refractivity contribution >= 4 is 51.4 Å². The van der Waals surface area contributed by atoms with E-state index < -0.39 is 0 Å². The summed E-state index contributed by atoms with van der Waals surface area (Å²) >= 11 is 11.0. The fourth-order valence-corrected chi connectivity index (χ4v) is 2.69. The molecule has 0 saturated carbocycles. The Labute approximate surface area is 149 Å². The fourth-order valence-electron chi connectivity index (χ4n) is 2.40. The number of aromatic nitrogens is 1. The maximum absolute atomic E-state index is 12.4. The van der Waals surface area contributed by atoms with Crippen LogP contribution in [0.15, 0.2) is 54.7 Å². The van der Waals surface area contributed by atoms with Gasteiger partial charge in [-0.2, -0.15) is 0 Å². The molecule has 0 atom stereocenters. The van der Waals surface area contributed by atoms with Crippen LogP contribution in [0.2, 0.25) is 5.02 Å². The number of carbonyl (C=O) groups is 1. The first kappa shape index (κ1) is 16.3. The topological polar surface area (TPSA) is 58.1 Å². The minimum Gasteiger partial charge on any atom is -0.350 e. The Morgan fingerprint density at radius 3 is 2.54 bits per heavy atom. The number of anilines is 1. The molecule has 24 heavy (non-hydrogen) atoms. The van der Waals surface area contributed by atoms with Crippen LogP contribution in [0.5, 0.6) is 0 Å². The van der Waals surface area contributed by atoms with Gasteiger partial charge < -0.3 is 9.88 Å². The molecule has 3 aromatic rings. The van der Waals surface area contributed by atoms with Crippen molar-refractivity contribution in [3.05, 3.63) is 65.3 Å². The lowest BCUT2D eigenvalue weighted by Crippen LogP contribution is -2.43. The summed E-state index contributed by atoms with van der Waals surface area (Å²) in [5.74, 6) is -0.257. The normalized spacial score (nSPS) is 10.4. The number of halogens is 1. The van der Waals surface area contributed by atoms with Gasteiger partial charge in [0.15, 0.2) is 5.11 Å². The van der Waals surface area contributed by atoms with Crippen LogP contribution in [0, 0.1) is 0 Å². The van der Waals surface area contributed by atoms with E-state index in [0.717, 1.165) is 16.6 Å². The van der Waals surface area contributed by atoms with Crippen LogP contribution in [0.3, 0.4) is 0 Å². The Hall–Kier alpha value is -2.57. The van der Waals surface area contributed by atoms with Gasteiger partial charge in [0.1, 0.15) is 0 Å². The van der Waals surface area contributed by atoms with Crippen molar-refractivity contribution in [2.24, 2.45) is 7.05 Å². The van der Waals surface area contributed by atoms with Crippen molar-refractivity contribution in [3.8, 4) is 0 Å². The van der Waals surface area contributed by atoms with Gasteiger partial charge in [0, 0.05) is 34.9 Å². The first-order chi connectivity index (χ1) is 11.5. The SMILES string of the molecule is Cn1cc(C(=O)NNC(=S)Nc2ccc(Cl)cc2)c2ccccc21.